The first-order valence-corrected chi connectivity index (χ1v) is 7.50. The summed E-state index contributed by atoms with van der Waals surface area (Å²) in [5.74, 6) is 0.208. The summed E-state index contributed by atoms with van der Waals surface area (Å²) in [4.78, 5) is 16.1. The number of carbonyl (C=O) groups excluding carboxylic acids is 1. The third-order valence-electron chi connectivity index (χ3n) is 3.59. The van der Waals surface area contributed by atoms with Crippen molar-refractivity contribution in [1.29, 1.82) is 0 Å². The van der Waals surface area contributed by atoms with Crippen LogP contribution in [-0.2, 0) is 4.79 Å². The highest BCUT2D eigenvalue weighted by molar-refractivity contribution is 5.92. The largest absolute Gasteiger partial charge is 0.326 e. The Labute approximate surface area is 125 Å². The molecule has 2 aromatic rings. The molecule has 0 spiro atoms. The van der Waals surface area contributed by atoms with Crippen molar-refractivity contribution in [2.75, 3.05) is 5.32 Å². The van der Waals surface area contributed by atoms with Crippen molar-refractivity contribution < 1.29 is 4.79 Å². The first-order valence-electron chi connectivity index (χ1n) is 7.50. The van der Waals surface area contributed by atoms with Gasteiger partial charge in [-0.1, -0.05) is 26.7 Å². The van der Waals surface area contributed by atoms with E-state index in [0.29, 0.717) is 0 Å². The second kappa shape index (κ2) is 7.57. The molecule has 0 aliphatic rings. The molecule has 0 fully saturated rings. The lowest BCUT2D eigenvalue weighted by atomic mass is 9.98. The van der Waals surface area contributed by atoms with Gasteiger partial charge in [0, 0.05) is 11.6 Å². The summed E-state index contributed by atoms with van der Waals surface area (Å²) in [6, 6.07) is 7.61. The second-order valence-corrected chi connectivity index (χ2v) is 5.12. The topological polar surface area (TPSA) is 59.8 Å². The maximum absolute atomic E-state index is 12.2. The van der Waals surface area contributed by atoms with Crippen molar-refractivity contribution in [3.05, 3.63) is 36.9 Å². The van der Waals surface area contributed by atoms with E-state index in [2.05, 4.69) is 29.2 Å². The Morgan fingerprint density at radius 2 is 2.05 bits per heavy atom. The van der Waals surface area contributed by atoms with Crippen molar-refractivity contribution in [2.45, 2.75) is 39.5 Å². The van der Waals surface area contributed by atoms with Crippen molar-refractivity contribution in [2.24, 2.45) is 5.92 Å². The molecular weight excluding hydrogens is 264 g/mol. The highest BCUT2D eigenvalue weighted by Crippen LogP contribution is 2.17. The molecule has 0 radical (unpaired) electrons. The summed E-state index contributed by atoms with van der Waals surface area (Å²) in [5, 5.41) is 7.06. The van der Waals surface area contributed by atoms with Gasteiger partial charge in [0.2, 0.25) is 5.91 Å². The lowest BCUT2D eigenvalue weighted by molar-refractivity contribution is -0.120. The molecule has 0 bridgehead atoms. The number of anilines is 1. The third kappa shape index (κ3) is 4.15. The van der Waals surface area contributed by atoms with Crippen LogP contribution >= 0.6 is 0 Å². The molecule has 5 nitrogen and oxygen atoms in total. The molecule has 0 saturated heterocycles. The Kier molecular flexibility index (Phi) is 5.49. The Hall–Kier alpha value is -2.17. The number of nitrogens with one attached hydrogen (secondary N) is 1. The SMILES string of the molecule is CCCCC(CC)C(=O)Nc1ccc(-n2cncn2)cc1. The number of hydrogen-bond acceptors (Lipinski definition) is 3. The van der Waals surface area contributed by atoms with Crippen LogP contribution in [0.5, 0.6) is 0 Å². The molecule has 1 aromatic carbocycles. The number of carbonyl (C=O) groups is 1. The number of nitrogens with zero attached hydrogens (tertiary/aromatic N) is 3. The first kappa shape index (κ1) is 15.2. The maximum Gasteiger partial charge on any atom is 0.227 e. The van der Waals surface area contributed by atoms with E-state index in [-0.39, 0.29) is 11.8 Å². The van der Waals surface area contributed by atoms with Gasteiger partial charge in [0.15, 0.2) is 0 Å². The van der Waals surface area contributed by atoms with Crippen molar-refractivity contribution in [3.8, 4) is 5.69 Å². The predicted octanol–water partition coefficient (Wildman–Crippen LogP) is 3.42. The van der Waals surface area contributed by atoms with Crippen LogP contribution in [0.25, 0.3) is 5.69 Å². The maximum atomic E-state index is 12.2. The molecule has 1 amide bonds. The van der Waals surface area contributed by atoms with Gasteiger partial charge in [0.25, 0.3) is 0 Å². The van der Waals surface area contributed by atoms with E-state index in [4.69, 9.17) is 0 Å². The van der Waals surface area contributed by atoms with Crippen LogP contribution < -0.4 is 5.32 Å². The zero-order valence-corrected chi connectivity index (χ0v) is 12.6. The normalized spacial score (nSPS) is 12.1. The highest BCUT2D eigenvalue weighted by atomic mass is 16.1. The number of rotatable bonds is 7. The van der Waals surface area contributed by atoms with E-state index < -0.39 is 0 Å². The van der Waals surface area contributed by atoms with E-state index >= 15 is 0 Å². The average Bonchev–Trinajstić information content (AvgIpc) is 3.03. The van der Waals surface area contributed by atoms with E-state index in [1.165, 1.54) is 6.33 Å². The molecule has 1 N–H and O–H groups in total. The molecule has 0 aliphatic carbocycles. The van der Waals surface area contributed by atoms with Gasteiger partial charge in [-0.25, -0.2) is 9.67 Å². The smallest absolute Gasteiger partial charge is 0.227 e. The summed E-state index contributed by atoms with van der Waals surface area (Å²) in [6.07, 6.45) is 7.19. The summed E-state index contributed by atoms with van der Waals surface area (Å²) in [6.45, 7) is 4.21. The third-order valence-corrected chi connectivity index (χ3v) is 3.59. The van der Waals surface area contributed by atoms with Crippen LogP contribution in [0.1, 0.15) is 39.5 Å². The number of aromatic nitrogens is 3. The quantitative estimate of drug-likeness (QED) is 0.848. The Bertz CT molecular complexity index is 548. The van der Waals surface area contributed by atoms with Crippen LogP contribution in [0, 0.1) is 5.92 Å². The summed E-state index contributed by atoms with van der Waals surface area (Å²) in [5.41, 5.74) is 1.74. The van der Waals surface area contributed by atoms with E-state index in [9.17, 15) is 4.79 Å². The summed E-state index contributed by atoms with van der Waals surface area (Å²) in [7, 11) is 0. The Morgan fingerprint density at radius 3 is 2.62 bits per heavy atom. The first-order chi connectivity index (χ1) is 10.2. The van der Waals surface area contributed by atoms with Gasteiger partial charge in [-0.2, -0.15) is 5.10 Å². The van der Waals surface area contributed by atoms with Crippen LogP contribution in [0.4, 0.5) is 5.69 Å². The van der Waals surface area contributed by atoms with E-state index in [1.807, 2.05) is 24.3 Å². The van der Waals surface area contributed by atoms with Crippen LogP contribution in [0.3, 0.4) is 0 Å². The minimum absolute atomic E-state index is 0.0972. The van der Waals surface area contributed by atoms with E-state index in [1.54, 1.807) is 11.0 Å². The summed E-state index contributed by atoms with van der Waals surface area (Å²) >= 11 is 0. The molecule has 1 aromatic heterocycles. The van der Waals surface area contributed by atoms with Gasteiger partial charge in [-0.15, -0.1) is 0 Å². The number of amides is 1. The Morgan fingerprint density at radius 1 is 1.29 bits per heavy atom. The lowest BCUT2D eigenvalue weighted by Gasteiger charge is -2.14. The van der Waals surface area contributed by atoms with Gasteiger partial charge < -0.3 is 5.32 Å². The van der Waals surface area contributed by atoms with Crippen LogP contribution in [-0.4, -0.2) is 20.7 Å². The average molecular weight is 286 g/mol. The minimum atomic E-state index is 0.0972. The van der Waals surface area contributed by atoms with Gasteiger partial charge >= 0.3 is 0 Å². The Balaban J connectivity index is 1.97. The molecule has 1 heterocycles. The zero-order chi connectivity index (χ0) is 15.1. The molecule has 21 heavy (non-hydrogen) atoms. The molecule has 112 valence electrons. The lowest BCUT2D eigenvalue weighted by Crippen LogP contribution is -2.22. The second-order valence-electron chi connectivity index (χ2n) is 5.12. The molecule has 1 unspecified atom stereocenters. The molecule has 0 saturated carbocycles. The van der Waals surface area contributed by atoms with Gasteiger partial charge in [0.1, 0.15) is 12.7 Å². The van der Waals surface area contributed by atoms with Gasteiger partial charge in [-0.05, 0) is 37.1 Å². The molecule has 5 heteroatoms. The molecule has 1 atom stereocenters. The highest BCUT2D eigenvalue weighted by Gasteiger charge is 2.15. The molecule has 0 aliphatic heterocycles. The molecular formula is C16H22N4O. The molecule has 2 rings (SSSR count). The van der Waals surface area contributed by atoms with Crippen molar-refractivity contribution in [1.82, 2.24) is 14.8 Å². The van der Waals surface area contributed by atoms with E-state index in [0.717, 1.165) is 37.1 Å². The number of hydrogen-bond donors (Lipinski definition) is 1. The fourth-order valence-electron chi connectivity index (χ4n) is 2.25. The summed E-state index contributed by atoms with van der Waals surface area (Å²) < 4.78 is 1.68. The van der Waals surface area contributed by atoms with Crippen LogP contribution in [0.2, 0.25) is 0 Å². The minimum Gasteiger partial charge on any atom is -0.326 e. The van der Waals surface area contributed by atoms with Crippen molar-refractivity contribution in [3.63, 3.8) is 0 Å². The fourth-order valence-corrected chi connectivity index (χ4v) is 2.25. The number of unbranched alkanes of at least 4 members (excludes halogenated alkanes) is 1. The van der Waals surface area contributed by atoms with Gasteiger partial charge in [0.05, 0.1) is 5.69 Å². The van der Waals surface area contributed by atoms with Crippen molar-refractivity contribution >= 4 is 11.6 Å². The zero-order valence-electron chi connectivity index (χ0n) is 12.6. The standard InChI is InChI=1S/C16H22N4O/c1-3-5-6-13(4-2)16(21)19-14-7-9-15(10-8-14)20-12-17-11-18-20/h7-13H,3-6H2,1-2H3,(H,19,21). The van der Waals surface area contributed by atoms with Gasteiger partial charge in [-0.3, -0.25) is 4.79 Å². The van der Waals surface area contributed by atoms with Crippen LogP contribution in [0.15, 0.2) is 36.9 Å². The predicted molar refractivity (Wildman–Crippen MR) is 83.3 cm³/mol. The monoisotopic (exact) mass is 286 g/mol. The fraction of sp³-hybridized carbons (Fsp3) is 0.438. The number of benzene rings is 1.